The van der Waals surface area contributed by atoms with Crippen molar-refractivity contribution in [1.29, 1.82) is 0 Å². The summed E-state index contributed by atoms with van der Waals surface area (Å²) in [6, 6.07) is 7.87. The van der Waals surface area contributed by atoms with Gasteiger partial charge in [0.2, 0.25) is 5.95 Å². The van der Waals surface area contributed by atoms with E-state index in [0.29, 0.717) is 12.4 Å². The number of fused-ring (bicyclic) bond motifs is 2. The predicted octanol–water partition coefficient (Wildman–Crippen LogP) is 2.66. The summed E-state index contributed by atoms with van der Waals surface area (Å²) in [5.41, 5.74) is 3.62. The summed E-state index contributed by atoms with van der Waals surface area (Å²) < 4.78 is 1.78. The highest BCUT2D eigenvalue weighted by Gasteiger charge is 2.21. The van der Waals surface area contributed by atoms with Crippen LogP contribution in [0.25, 0.3) is 17.0 Å². The summed E-state index contributed by atoms with van der Waals surface area (Å²) in [5.74, 6) is 0.877. The van der Waals surface area contributed by atoms with Gasteiger partial charge in [0.15, 0.2) is 5.78 Å². The number of hydrogen-bond donors (Lipinski definition) is 1. The number of benzene rings is 1. The lowest BCUT2D eigenvalue weighted by molar-refractivity contribution is 0.0982. The number of nitrogens with zero attached hydrogens (tertiary/aromatic N) is 3. The number of Topliss-reactive ketones (excluding diaryl/α,β-unsaturated/α-hetero) is 1. The van der Waals surface area contributed by atoms with E-state index < -0.39 is 0 Å². The first-order valence-electron chi connectivity index (χ1n) is 6.88. The summed E-state index contributed by atoms with van der Waals surface area (Å²) in [6.07, 6.45) is 5.14. The van der Waals surface area contributed by atoms with Crippen LogP contribution < -0.4 is 0 Å². The van der Waals surface area contributed by atoms with Gasteiger partial charge >= 0.3 is 0 Å². The minimum absolute atomic E-state index is 0.194. The van der Waals surface area contributed by atoms with Gasteiger partial charge in [0.05, 0.1) is 28.5 Å². The summed E-state index contributed by atoms with van der Waals surface area (Å²) >= 11 is 0. The molecule has 0 fully saturated rings. The molecule has 0 bridgehead atoms. The van der Waals surface area contributed by atoms with Crippen LogP contribution in [0.2, 0.25) is 0 Å². The molecule has 0 aliphatic heterocycles. The van der Waals surface area contributed by atoms with Crippen LogP contribution in [0.3, 0.4) is 0 Å². The highest BCUT2D eigenvalue weighted by atomic mass is 16.1. The lowest BCUT2D eigenvalue weighted by Gasteiger charge is -2.03. The van der Waals surface area contributed by atoms with Gasteiger partial charge in [-0.05, 0) is 31.4 Å². The molecular weight excluding hydrogens is 252 g/mol. The topological polar surface area (TPSA) is 63.6 Å². The Morgan fingerprint density at radius 1 is 1.15 bits per heavy atom. The molecule has 5 nitrogen and oxygen atoms in total. The van der Waals surface area contributed by atoms with Gasteiger partial charge in [0, 0.05) is 6.42 Å². The van der Waals surface area contributed by atoms with Crippen molar-refractivity contribution in [2.24, 2.45) is 0 Å². The Morgan fingerprint density at radius 2 is 2.00 bits per heavy atom. The Labute approximate surface area is 115 Å². The summed E-state index contributed by atoms with van der Waals surface area (Å²) in [7, 11) is 0. The second-order valence-corrected chi connectivity index (χ2v) is 5.12. The van der Waals surface area contributed by atoms with Gasteiger partial charge in [-0.25, -0.2) is 9.67 Å². The van der Waals surface area contributed by atoms with Gasteiger partial charge in [0.25, 0.3) is 0 Å². The molecule has 4 rings (SSSR count). The van der Waals surface area contributed by atoms with E-state index in [0.717, 1.165) is 41.6 Å². The van der Waals surface area contributed by atoms with Crippen LogP contribution >= 0.6 is 0 Å². The Bertz CT molecular complexity index is 766. The third-order valence-electron chi connectivity index (χ3n) is 3.81. The fraction of sp³-hybridized carbons (Fsp3) is 0.267. The van der Waals surface area contributed by atoms with Crippen molar-refractivity contribution < 1.29 is 4.79 Å². The number of ketones is 1. The zero-order chi connectivity index (χ0) is 13.5. The molecule has 2 aromatic heterocycles. The Morgan fingerprint density at radius 3 is 2.90 bits per heavy atom. The van der Waals surface area contributed by atoms with E-state index in [4.69, 9.17) is 0 Å². The van der Waals surface area contributed by atoms with Crippen molar-refractivity contribution >= 4 is 16.8 Å². The highest BCUT2D eigenvalue weighted by molar-refractivity contribution is 5.97. The summed E-state index contributed by atoms with van der Waals surface area (Å²) in [5, 5.41) is 4.36. The molecule has 3 aromatic rings. The molecule has 0 spiro atoms. The molecule has 20 heavy (non-hydrogen) atoms. The molecule has 0 amide bonds. The zero-order valence-corrected chi connectivity index (χ0v) is 11.0. The average Bonchev–Trinajstić information content (AvgIpc) is 3.02. The lowest BCUT2D eigenvalue weighted by atomic mass is 10.1. The van der Waals surface area contributed by atoms with Crippen molar-refractivity contribution in [3.63, 3.8) is 0 Å². The molecule has 1 aliphatic rings. The van der Waals surface area contributed by atoms with Crippen LogP contribution in [0.5, 0.6) is 0 Å². The van der Waals surface area contributed by atoms with E-state index in [1.807, 2.05) is 24.3 Å². The number of H-pyrrole nitrogens is 1. The molecule has 100 valence electrons. The number of imidazole rings is 1. The minimum atomic E-state index is 0.194. The van der Waals surface area contributed by atoms with E-state index in [2.05, 4.69) is 15.1 Å². The van der Waals surface area contributed by atoms with E-state index >= 15 is 0 Å². The quantitative estimate of drug-likeness (QED) is 0.689. The van der Waals surface area contributed by atoms with E-state index in [9.17, 15) is 4.79 Å². The number of hydrogen-bond acceptors (Lipinski definition) is 3. The van der Waals surface area contributed by atoms with Gasteiger partial charge in [-0.2, -0.15) is 5.10 Å². The van der Waals surface area contributed by atoms with Crippen molar-refractivity contribution in [1.82, 2.24) is 19.7 Å². The molecule has 0 saturated carbocycles. The molecular formula is C15H14N4O. The number of para-hydroxylation sites is 2. The Hall–Kier alpha value is -2.43. The molecule has 1 N–H and O–H groups in total. The van der Waals surface area contributed by atoms with E-state index in [1.165, 1.54) is 0 Å². The zero-order valence-electron chi connectivity index (χ0n) is 11.0. The van der Waals surface area contributed by atoms with Gasteiger partial charge in [-0.1, -0.05) is 12.1 Å². The Balaban J connectivity index is 1.88. The van der Waals surface area contributed by atoms with Gasteiger partial charge in [0.1, 0.15) is 0 Å². The molecule has 1 aromatic carbocycles. The van der Waals surface area contributed by atoms with Crippen molar-refractivity contribution in [3.05, 3.63) is 41.7 Å². The molecule has 0 radical (unpaired) electrons. The number of aromatic nitrogens is 4. The van der Waals surface area contributed by atoms with Gasteiger partial charge < -0.3 is 4.98 Å². The standard InChI is InChI=1S/C15H14N4O/c20-14-8-4-3-7-13-10(14)9-16-19(13)15-17-11-5-1-2-6-12(11)18-15/h1-2,5-6,9H,3-4,7-8H2,(H,17,18). The van der Waals surface area contributed by atoms with Gasteiger partial charge in [-0.3, -0.25) is 4.79 Å². The molecule has 2 heterocycles. The maximum absolute atomic E-state index is 12.0. The minimum Gasteiger partial charge on any atom is -0.322 e. The molecule has 0 unspecified atom stereocenters. The normalized spacial score (nSPS) is 15.3. The maximum atomic E-state index is 12.0. The van der Waals surface area contributed by atoms with Crippen LogP contribution in [0.1, 0.15) is 35.3 Å². The fourth-order valence-corrected chi connectivity index (χ4v) is 2.78. The number of carbonyl (C=O) groups is 1. The monoisotopic (exact) mass is 266 g/mol. The average molecular weight is 266 g/mol. The third-order valence-corrected chi connectivity index (χ3v) is 3.81. The predicted molar refractivity (Wildman–Crippen MR) is 75.1 cm³/mol. The molecule has 5 heteroatoms. The van der Waals surface area contributed by atoms with Gasteiger partial charge in [-0.15, -0.1) is 0 Å². The second-order valence-electron chi connectivity index (χ2n) is 5.12. The van der Waals surface area contributed by atoms with Crippen LogP contribution in [-0.4, -0.2) is 25.5 Å². The fourth-order valence-electron chi connectivity index (χ4n) is 2.78. The van der Waals surface area contributed by atoms with Crippen LogP contribution in [-0.2, 0) is 6.42 Å². The van der Waals surface area contributed by atoms with Crippen molar-refractivity contribution in [2.45, 2.75) is 25.7 Å². The number of rotatable bonds is 1. The van der Waals surface area contributed by atoms with E-state index in [-0.39, 0.29) is 5.78 Å². The summed E-state index contributed by atoms with van der Waals surface area (Å²) in [4.78, 5) is 19.9. The smallest absolute Gasteiger partial charge is 0.229 e. The molecule has 0 atom stereocenters. The summed E-state index contributed by atoms with van der Waals surface area (Å²) in [6.45, 7) is 0. The SMILES string of the molecule is O=C1CCCCc2c1cnn2-c1nc2ccccc2[nH]1. The van der Waals surface area contributed by atoms with Crippen molar-refractivity contribution in [2.75, 3.05) is 0 Å². The first-order chi connectivity index (χ1) is 9.83. The van der Waals surface area contributed by atoms with E-state index in [1.54, 1.807) is 10.9 Å². The number of aromatic amines is 1. The third kappa shape index (κ3) is 1.66. The largest absolute Gasteiger partial charge is 0.322 e. The molecule has 1 aliphatic carbocycles. The van der Waals surface area contributed by atoms with Crippen LogP contribution in [0.4, 0.5) is 0 Å². The lowest BCUT2D eigenvalue weighted by Crippen LogP contribution is -2.05. The molecule has 0 saturated heterocycles. The second kappa shape index (κ2) is 4.30. The van der Waals surface area contributed by atoms with Crippen LogP contribution in [0, 0.1) is 0 Å². The maximum Gasteiger partial charge on any atom is 0.229 e. The first-order valence-corrected chi connectivity index (χ1v) is 6.88. The number of nitrogens with one attached hydrogen (secondary N) is 1. The highest BCUT2D eigenvalue weighted by Crippen LogP contribution is 2.23. The van der Waals surface area contributed by atoms with Crippen molar-refractivity contribution in [3.8, 4) is 5.95 Å². The Kier molecular flexibility index (Phi) is 2.45. The first kappa shape index (κ1) is 11.4. The number of carbonyl (C=O) groups excluding carboxylic acids is 1. The van der Waals surface area contributed by atoms with Crippen LogP contribution in [0.15, 0.2) is 30.5 Å².